The average Bonchev–Trinajstić information content (AvgIpc) is 3.16. The van der Waals surface area contributed by atoms with Gasteiger partial charge >= 0.3 is 12.1 Å². The summed E-state index contributed by atoms with van der Waals surface area (Å²) < 4.78 is 5.54. The summed E-state index contributed by atoms with van der Waals surface area (Å²) in [6.07, 6.45) is 4.68. The molecule has 4 rings (SSSR count). The van der Waals surface area contributed by atoms with Gasteiger partial charge in [-0.25, -0.2) is 4.79 Å². The molecule has 8 nitrogen and oxygen atoms in total. The number of carboxylic acids is 1. The van der Waals surface area contributed by atoms with Crippen molar-refractivity contribution in [3.05, 3.63) is 59.7 Å². The Balaban J connectivity index is 1.41. The third kappa shape index (κ3) is 4.61. The van der Waals surface area contributed by atoms with Crippen molar-refractivity contribution in [2.45, 2.75) is 24.4 Å². The molecule has 2 amide bonds. The molecule has 0 radical (unpaired) electrons. The fraction of sp³-hybridized carbons (Fsp3) is 0.346. The zero-order chi connectivity index (χ0) is 24.2. The molecule has 2 N–H and O–H groups in total. The van der Waals surface area contributed by atoms with Crippen LogP contribution in [0.3, 0.4) is 0 Å². The van der Waals surface area contributed by atoms with Crippen LogP contribution in [0, 0.1) is 12.3 Å². The van der Waals surface area contributed by atoms with Crippen molar-refractivity contribution in [2.24, 2.45) is 0 Å². The molecule has 0 spiro atoms. The number of alkyl carbamates (subject to hydrolysis) is 1. The highest BCUT2D eigenvalue weighted by atomic mass is 16.5. The number of carbonyl (C=O) groups excluding carboxylic acids is 2. The molecule has 0 aromatic heterocycles. The molecular formula is C26H27N3O5. The lowest BCUT2D eigenvalue weighted by Crippen LogP contribution is -2.59. The number of benzene rings is 2. The second-order valence-electron chi connectivity index (χ2n) is 8.55. The molecule has 2 aliphatic rings. The van der Waals surface area contributed by atoms with Gasteiger partial charge in [0.1, 0.15) is 18.7 Å². The molecule has 2 aromatic carbocycles. The molecule has 176 valence electrons. The number of likely N-dealkylation sites (N-methyl/N-ethyl adjacent to an activating group) is 1. The van der Waals surface area contributed by atoms with Gasteiger partial charge in [0, 0.05) is 32.0 Å². The summed E-state index contributed by atoms with van der Waals surface area (Å²) in [4.78, 5) is 40.3. The standard InChI is InChI=1S/C26H27N3O5/c1-3-8-22(24(30)29-14-13-28(2)23(15-29)25(31)32)27-26(33)34-16-21-19-11-6-4-9-17(19)18-10-5-7-12-20(18)21/h1,4-7,9-12,21-23H,8,13-16H2,2H3,(H,27,33)(H,31,32). The van der Waals surface area contributed by atoms with Gasteiger partial charge in [0.05, 0.1) is 0 Å². The summed E-state index contributed by atoms with van der Waals surface area (Å²) >= 11 is 0. The van der Waals surface area contributed by atoms with Crippen LogP contribution in [0.1, 0.15) is 23.5 Å². The van der Waals surface area contributed by atoms with Crippen LogP contribution >= 0.6 is 0 Å². The van der Waals surface area contributed by atoms with Crippen molar-refractivity contribution in [3.8, 4) is 23.5 Å². The van der Waals surface area contributed by atoms with Gasteiger partial charge < -0.3 is 20.1 Å². The SMILES string of the molecule is C#CCC(NC(=O)OCC1c2ccccc2-c2ccccc21)C(=O)N1CCN(C)C(C(=O)O)C1. The Kier molecular flexibility index (Phi) is 6.85. The van der Waals surface area contributed by atoms with Crippen molar-refractivity contribution in [2.75, 3.05) is 33.3 Å². The molecule has 1 heterocycles. The average molecular weight is 462 g/mol. The lowest BCUT2D eigenvalue weighted by molar-refractivity contribution is -0.148. The number of amides is 2. The Bertz CT molecular complexity index is 1100. The van der Waals surface area contributed by atoms with E-state index in [1.54, 1.807) is 11.9 Å². The topological polar surface area (TPSA) is 99.2 Å². The predicted molar refractivity (Wildman–Crippen MR) is 126 cm³/mol. The largest absolute Gasteiger partial charge is 0.480 e. The van der Waals surface area contributed by atoms with E-state index in [0.717, 1.165) is 22.3 Å². The summed E-state index contributed by atoms with van der Waals surface area (Å²) in [6, 6.07) is 14.2. The van der Waals surface area contributed by atoms with Crippen molar-refractivity contribution >= 4 is 18.0 Å². The lowest BCUT2D eigenvalue weighted by atomic mass is 9.98. The van der Waals surface area contributed by atoms with E-state index in [0.29, 0.717) is 13.1 Å². The Morgan fingerprint density at radius 1 is 1.12 bits per heavy atom. The number of hydrogen-bond donors (Lipinski definition) is 2. The first kappa shape index (κ1) is 23.3. The Hall–Kier alpha value is -3.83. The molecule has 34 heavy (non-hydrogen) atoms. The van der Waals surface area contributed by atoms with Crippen LogP contribution in [-0.2, 0) is 14.3 Å². The minimum atomic E-state index is -1.00. The smallest absolute Gasteiger partial charge is 0.407 e. The van der Waals surface area contributed by atoms with Gasteiger partial charge in [0.2, 0.25) is 5.91 Å². The van der Waals surface area contributed by atoms with E-state index in [9.17, 15) is 19.5 Å². The highest BCUT2D eigenvalue weighted by Crippen LogP contribution is 2.44. The monoisotopic (exact) mass is 461 g/mol. The number of hydrogen-bond acceptors (Lipinski definition) is 5. The lowest BCUT2D eigenvalue weighted by Gasteiger charge is -2.38. The molecule has 2 unspecified atom stereocenters. The van der Waals surface area contributed by atoms with E-state index < -0.39 is 30.1 Å². The van der Waals surface area contributed by atoms with Crippen LogP contribution < -0.4 is 5.32 Å². The molecule has 0 saturated carbocycles. The summed E-state index contributed by atoms with van der Waals surface area (Å²) in [5.74, 6) is 0.899. The third-order valence-corrected chi connectivity index (χ3v) is 6.50. The predicted octanol–water partition coefficient (Wildman–Crippen LogP) is 2.14. The molecule has 8 heteroatoms. The van der Waals surface area contributed by atoms with E-state index in [4.69, 9.17) is 11.2 Å². The quantitative estimate of drug-likeness (QED) is 0.640. The molecular weight excluding hydrogens is 434 g/mol. The summed E-state index contributed by atoms with van der Waals surface area (Å²) in [6.45, 7) is 0.910. The van der Waals surface area contributed by atoms with Crippen molar-refractivity contribution in [1.82, 2.24) is 15.1 Å². The van der Waals surface area contributed by atoms with Gasteiger partial charge in [-0.05, 0) is 29.3 Å². The fourth-order valence-corrected chi connectivity index (χ4v) is 4.66. The molecule has 1 saturated heterocycles. The highest BCUT2D eigenvalue weighted by molar-refractivity contribution is 5.87. The second kappa shape index (κ2) is 9.98. The number of aliphatic carboxylic acids is 1. The number of nitrogens with one attached hydrogen (secondary N) is 1. The summed E-state index contributed by atoms with van der Waals surface area (Å²) in [7, 11) is 1.70. The van der Waals surface area contributed by atoms with Crippen molar-refractivity contribution in [3.63, 3.8) is 0 Å². The van der Waals surface area contributed by atoms with E-state index in [1.807, 2.05) is 36.4 Å². The molecule has 1 aliphatic carbocycles. The third-order valence-electron chi connectivity index (χ3n) is 6.50. The minimum Gasteiger partial charge on any atom is -0.480 e. The Morgan fingerprint density at radius 3 is 2.32 bits per heavy atom. The van der Waals surface area contributed by atoms with E-state index >= 15 is 0 Å². The first-order valence-electron chi connectivity index (χ1n) is 11.2. The second-order valence-corrected chi connectivity index (χ2v) is 8.55. The van der Waals surface area contributed by atoms with Gasteiger partial charge in [-0.3, -0.25) is 14.5 Å². The highest BCUT2D eigenvalue weighted by Gasteiger charge is 2.35. The van der Waals surface area contributed by atoms with Crippen LogP contribution in [0.15, 0.2) is 48.5 Å². The number of fused-ring (bicyclic) bond motifs is 3. The van der Waals surface area contributed by atoms with Gasteiger partial charge in [-0.1, -0.05) is 48.5 Å². The number of terminal acetylenes is 1. The summed E-state index contributed by atoms with van der Waals surface area (Å²) in [5, 5.41) is 12.0. The normalized spacial score (nSPS) is 18.4. The molecule has 2 atom stereocenters. The van der Waals surface area contributed by atoms with E-state index in [-0.39, 0.29) is 25.5 Å². The number of nitrogens with zero attached hydrogens (tertiary/aromatic N) is 2. The van der Waals surface area contributed by atoms with Crippen molar-refractivity contribution in [1.29, 1.82) is 0 Å². The Labute approximate surface area is 198 Å². The van der Waals surface area contributed by atoms with E-state index in [1.165, 1.54) is 4.90 Å². The number of carbonyl (C=O) groups is 3. The molecule has 0 bridgehead atoms. The number of rotatable bonds is 6. The molecule has 1 fully saturated rings. The maximum absolute atomic E-state index is 13.0. The van der Waals surface area contributed by atoms with Gasteiger partial charge in [0.15, 0.2) is 0 Å². The fourth-order valence-electron chi connectivity index (χ4n) is 4.66. The van der Waals surface area contributed by atoms with Crippen LogP contribution in [0.2, 0.25) is 0 Å². The van der Waals surface area contributed by atoms with Gasteiger partial charge in [0.25, 0.3) is 0 Å². The van der Waals surface area contributed by atoms with Crippen LogP contribution in [0.25, 0.3) is 11.1 Å². The zero-order valence-corrected chi connectivity index (χ0v) is 18.9. The van der Waals surface area contributed by atoms with Crippen LogP contribution in [-0.4, -0.2) is 78.2 Å². The first-order chi connectivity index (χ1) is 16.4. The number of piperazine rings is 1. The van der Waals surface area contributed by atoms with Crippen LogP contribution in [0.4, 0.5) is 4.79 Å². The van der Waals surface area contributed by atoms with Gasteiger partial charge in [-0.2, -0.15) is 0 Å². The van der Waals surface area contributed by atoms with Crippen LogP contribution in [0.5, 0.6) is 0 Å². The maximum atomic E-state index is 13.0. The number of carboxylic acid groups (broad SMARTS) is 1. The molecule has 2 aromatic rings. The molecule has 1 aliphatic heterocycles. The van der Waals surface area contributed by atoms with Crippen molar-refractivity contribution < 1.29 is 24.2 Å². The minimum absolute atomic E-state index is 0.0207. The Morgan fingerprint density at radius 2 is 1.74 bits per heavy atom. The number of ether oxygens (including phenoxy) is 1. The zero-order valence-electron chi connectivity index (χ0n) is 18.9. The summed E-state index contributed by atoms with van der Waals surface area (Å²) in [5.41, 5.74) is 4.42. The van der Waals surface area contributed by atoms with E-state index in [2.05, 4.69) is 23.4 Å². The van der Waals surface area contributed by atoms with Gasteiger partial charge in [-0.15, -0.1) is 12.3 Å². The first-order valence-corrected chi connectivity index (χ1v) is 11.2. The maximum Gasteiger partial charge on any atom is 0.407 e.